The molecule has 0 unspecified atom stereocenters. The van der Waals surface area contributed by atoms with Gasteiger partial charge in [0.05, 0.1) is 4.92 Å². The standard InChI is InChI=1S/C16H15F3N4O4/c17-16(18,19)10-27-15-13(2-1-7-22-15)14(24)21-9-8-20-11-3-5-12(6-4-11)23(25)26/h1-7,20H,8-10H2,(H,21,24). The highest BCUT2D eigenvalue weighted by Gasteiger charge is 2.29. The quantitative estimate of drug-likeness (QED) is 0.412. The second-order valence-electron chi connectivity index (χ2n) is 5.25. The molecule has 0 aliphatic carbocycles. The zero-order valence-corrected chi connectivity index (χ0v) is 13.8. The number of nitro benzene ring substituents is 1. The third-order valence-electron chi connectivity index (χ3n) is 3.21. The van der Waals surface area contributed by atoms with Crippen LogP contribution in [0.25, 0.3) is 0 Å². The van der Waals surface area contributed by atoms with Crippen LogP contribution in [0.3, 0.4) is 0 Å². The van der Waals surface area contributed by atoms with Crippen molar-refractivity contribution in [2.24, 2.45) is 0 Å². The number of anilines is 1. The van der Waals surface area contributed by atoms with E-state index in [1.54, 1.807) is 0 Å². The van der Waals surface area contributed by atoms with Gasteiger partial charge < -0.3 is 15.4 Å². The second-order valence-corrected chi connectivity index (χ2v) is 5.25. The van der Waals surface area contributed by atoms with Crippen molar-refractivity contribution in [1.29, 1.82) is 0 Å². The lowest BCUT2D eigenvalue weighted by atomic mass is 10.2. The fourth-order valence-electron chi connectivity index (χ4n) is 2.01. The Morgan fingerprint density at radius 2 is 1.89 bits per heavy atom. The van der Waals surface area contributed by atoms with Crippen molar-refractivity contribution < 1.29 is 27.6 Å². The Labute approximate surface area is 151 Å². The zero-order valence-electron chi connectivity index (χ0n) is 13.8. The predicted octanol–water partition coefficient (Wildman–Crippen LogP) is 2.77. The van der Waals surface area contributed by atoms with Gasteiger partial charge in [0, 0.05) is 37.1 Å². The van der Waals surface area contributed by atoms with Gasteiger partial charge in [-0.3, -0.25) is 14.9 Å². The predicted molar refractivity (Wildman–Crippen MR) is 89.7 cm³/mol. The summed E-state index contributed by atoms with van der Waals surface area (Å²) >= 11 is 0. The van der Waals surface area contributed by atoms with Crippen molar-refractivity contribution in [3.8, 4) is 5.88 Å². The first kappa shape index (κ1) is 19.9. The molecule has 2 aromatic rings. The number of ether oxygens (including phenoxy) is 1. The number of alkyl halides is 3. The van der Waals surface area contributed by atoms with Crippen LogP contribution < -0.4 is 15.4 Å². The number of halogens is 3. The summed E-state index contributed by atoms with van der Waals surface area (Å²) < 4.78 is 41.3. The molecule has 0 atom stereocenters. The normalized spacial score (nSPS) is 10.9. The lowest BCUT2D eigenvalue weighted by molar-refractivity contribution is -0.384. The number of aromatic nitrogens is 1. The largest absolute Gasteiger partial charge is 0.467 e. The van der Waals surface area contributed by atoms with Crippen LogP contribution in [0.15, 0.2) is 42.6 Å². The molecule has 1 aromatic heterocycles. The van der Waals surface area contributed by atoms with E-state index < -0.39 is 29.5 Å². The average Bonchev–Trinajstić information content (AvgIpc) is 2.63. The Morgan fingerprint density at radius 3 is 2.52 bits per heavy atom. The third kappa shape index (κ3) is 6.45. The summed E-state index contributed by atoms with van der Waals surface area (Å²) in [6, 6.07) is 8.41. The van der Waals surface area contributed by atoms with Crippen molar-refractivity contribution in [2.45, 2.75) is 6.18 Å². The van der Waals surface area contributed by atoms with E-state index in [1.807, 2.05) is 0 Å². The lowest BCUT2D eigenvalue weighted by Gasteiger charge is -2.12. The molecule has 0 radical (unpaired) electrons. The number of hydrogen-bond acceptors (Lipinski definition) is 6. The van der Waals surface area contributed by atoms with E-state index in [4.69, 9.17) is 0 Å². The van der Waals surface area contributed by atoms with Gasteiger partial charge in [0.25, 0.3) is 11.6 Å². The Morgan fingerprint density at radius 1 is 1.19 bits per heavy atom. The van der Waals surface area contributed by atoms with Gasteiger partial charge in [-0.05, 0) is 24.3 Å². The van der Waals surface area contributed by atoms with Crippen molar-refractivity contribution in [2.75, 3.05) is 25.0 Å². The number of hydrogen-bond donors (Lipinski definition) is 2. The number of nitrogens with zero attached hydrogens (tertiary/aromatic N) is 2. The van der Waals surface area contributed by atoms with E-state index in [2.05, 4.69) is 20.4 Å². The first-order valence-corrected chi connectivity index (χ1v) is 7.67. The van der Waals surface area contributed by atoms with Crippen LogP contribution in [0.5, 0.6) is 5.88 Å². The van der Waals surface area contributed by atoms with Crippen LogP contribution >= 0.6 is 0 Å². The highest BCUT2D eigenvalue weighted by Crippen LogP contribution is 2.20. The molecular formula is C16H15F3N4O4. The minimum atomic E-state index is -4.54. The maximum atomic E-state index is 12.3. The van der Waals surface area contributed by atoms with Crippen LogP contribution in [0, 0.1) is 10.1 Å². The SMILES string of the molecule is O=C(NCCNc1ccc([N+](=O)[O-])cc1)c1cccnc1OCC(F)(F)F. The van der Waals surface area contributed by atoms with Gasteiger partial charge in [0.1, 0.15) is 5.56 Å². The van der Waals surface area contributed by atoms with Gasteiger partial charge in [-0.2, -0.15) is 13.2 Å². The number of amides is 1. The Bertz CT molecular complexity index is 797. The molecule has 144 valence electrons. The average molecular weight is 384 g/mol. The smallest absolute Gasteiger partial charge is 0.422 e. The van der Waals surface area contributed by atoms with Crippen molar-refractivity contribution in [3.63, 3.8) is 0 Å². The summed E-state index contributed by atoms with van der Waals surface area (Å²) in [6.07, 6.45) is -3.32. The molecule has 1 heterocycles. The molecule has 0 spiro atoms. The van der Waals surface area contributed by atoms with Crippen LogP contribution in [0.4, 0.5) is 24.5 Å². The maximum Gasteiger partial charge on any atom is 0.422 e. The second kappa shape index (κ2) is 8.83. The van der Waals surface area contributed by atoms with Gasteiger partial charge in [-0.25, -0.2) is 4.98 Å². The van der Waals surface area contributed by atoms with Gasteiger partial charge >= 0.3 is 6.18 Å². The molecule has 2 N–H and O–H groups in total. The summed E-state index contributed by atoms with van der Waals surface area (Å²) in [4.78, 5) is 25.8. The van der Waals surface area contributed by atoms with E-state index in [9.17, 15) is 28.1 Å². The first-order chi connectivity index (χ1) is 12.8. The Hall–Kier alpha value is -3.37. The molecule has 0 aliphatic rings. The van der Waals surface area contributed by atoms with Crippen LogP contribution in [-0.2, 0) is 0 Å². The van der Waals surface area contributed by atoms with Crippen molar-refractivity contribution in [1.82, 2.24) is 10.3 Å². The number of non-ortho nitro benzene ring substituents is 1. The maximum absolute atomic E-state index is 12.3. The van der Waals surface area contributed by atoms with Gasteiger partial charge in [-0.15, -0.1) is 0 Å². The van der Waals surface area contributed by atoms with E-state index in [0.717, 1.165) is 0 Å². The molecule has 0 saturated carbocycles. The summed E-state index contributed by atoms with van der Waals surface area (Å²) in [5.41, 5.74) is 0.458. The van der Waals surface area contributed by atoms with Crippen LogP contribution in [0.2, 0.25) is 0 Å². The summed E-state index contributed by atoms with van der Waals surface area (Å²) in [7, 11) is 0. The molecule has 1 aromatic carbocycles. The van der Waals surface area contributed by atoms with Crippen molar-refractivity contribution >= 4 is 17.3 Å². The molecule has 8 nitrogen and oxygen atoms in total. The fourth-order valence-corrected chi connectivity index (χ4v) is 2.01. The summed E-state index contributed by atoms with van der Waals surface area (Å²) in [5.74, 6) is -1.04. The number of carbonyl (C=O) groups excluding carboxylic acids is 1. The number of nitrogens with one attached hydrogen (secondary N) is 2. The topological polar surface area (TPSA) is 106 Å². The number of benzene rings is 1. The molecular weight excluding hydrogens is 369 g/mol. The molecule has 0 aliphatic heterocycles. The molecule has 0 fully saturated rings. The molecule has 0 saturated heterocycles. The summed E-state index contributed by atoms with van der Waals surface area (Å²) in [6.45, 7) is -1.10. The van der Waals surface area contributed by atoms with Gasteiger partial charge in [-0.1, -0.05) is 0 Å². The van der Waals surface area contributed by atoms with E-state index in [1.165, 1.54) is 42.6 Å². The third-order valence-corrected chi connectivity index (χ3v) is 3.21. The van der Waals surface area contributed by atoms with E-state index in [-0.39, 0.29) is 17.8 Å². The highest BCUT2D eigenvalue weighted by molar-refractivity contribution is 5.96. The zero-order chi connectivity index (χ0) is 19.9. The molecule has 27 heavy (non-hydrogen) atoms. The van der Waals surface area contributed by atoms with E-state index >= 15 is 0 Å². The number of rotatable bonds is 8. The monoisotopic (exact) mass is 384 g/mol. The van der Waals surface area contributed by atoms with Crippen LogP contribution in [-0.4, -0.2) is 41.7 Å². The first-order valence-electron chi connectivity index (χ1n) is 7.67. The molecule has 1 amide bonds. The number of nitro groups is 1. The fraction of sp³-hybridized carbons (Fsp3) is 0.250. The highest BCUT2D eigenvalue weighted by atomic mass is 19.4. The van der Waals surface area contributed by atoms with Crippen molar-refractivity contribution in [3.05, 3.63) is 58.3 Å². The molecule has 0 bridgehead atoms. The summed E-state index contributed by atoms with van der Waals surface area (Å²) in [5, 5.41) is 16.0. The Kier molecular flexibility index (Phi) is 6.52. The lowest BCUT2D eigenvalue weighted by Crippen LogP contribution is -2.29. The minimum absolute atomic E-state index is 0.0446. The number of carbonyl (C=O) groups is 1. The number of pyridine rings is 1. The van der Waals surface area contributed by atoms with Gasteiger partial charge in [0.15, 0.2) is 6.61 Å². The molecule has 2 rings (SSSR count). The minimum Gasteiger partial charge on any atom is -0.467 e. The Balaban J connectivity index is 1.84. The van der Waals surface area contributed by atoms with Gasteiger partial charge in [0.2, 0.25) is 5.88 Å². The van der Waals surface area contributed by atoms with E-state index in [0.29, 0.717) is 12.2 Å². The van der Waals surface area contributed by atoms with Crippen LogP contribution in [0.1, 0.15) is 10.4 Å². The molecule has 11 heteroatoms.